The number of ether oxygens (including phenoxy) is 1. The summed E-state index contributed by atoms with van der Waals surface area (Å²) in [5, 5.41) is 2.91. The Labute approximate surface area is 183 Å². The number of likely N-dealkylation sites (tertiary alicyclic amines) is 1. The first kappa shape index (κ1) is 20.2. The van der Waals surface area contributed by atoms with E-state index >= 15 is 0 Å². The van der Waals surface area contributed by atoms with E-state index in [9.17, 15) is 9.59 Å². The number of carbonyl (C=O) groups is 2. The van der Waals surface area contributed by atoms with Crippen molar-refractivity contribution in [2.45, 2.75) is 19.4 Å². The summed E-state index contributed by atoms with van der Waals surface area (Å²) in [6, 6.07) is 22.2. The fraction of sp³-hybridized carbons (Fsp3) is 0.167. The number of benzene rings is 3. The Kier molecular flexibility index (Phi) is 6.14. The van der Waals surface area contributed by atoms with Crippen LogP contribution >= 0.6 is 15.9 Å². The summed E-state index contributed by atoms with van der Waals surface area (Å²) >= 11 is 3.40. The number of hydrogen-bond acceptors (Lipinski definition) is 3. The lowest BCUT2D eigenvalue weighted by Gasteiger charge is -2.16. The highest BCUT2D eigenvalue weighted by Gasteiger charge is 2.20. The fourth-order valence-corrected chi connectivity index (χ4v) is 3.62. The molecule has 0 saturated carbocycles. The standard InChI is InChI=1S/C24H21BrN2O3/c25-19-6-10-21(11-7-19)30-22-12-8-20(9-13-22)26-24(29)18-4-1-3-17(15-18)16-27-14-2-5-23(27)28/h1,3-4,6-13,15H,2,5,14,16H2,(H,26,29). The zero-order chi connectivity index (χ0) is 20.9. The van der Waals surface area contributed by atoms with Crippen LogP contribution in [-0.4, -0.2) is 23.3 Å². The van der Waals surface area contributed by atoms with E-state index in [4.69, 9.17) is 4.74 Å². The first-order chi connectivity index (χ1) is 14.6. The highest BCUT2D eigenvalue weighted by atomic mass is 79.9. The SMILES string of the molecule is O=C(Nc1ccc(Oc2ccc(Br)cc2)cc1)c1cccc(CN2CCCC2=O)c1. The lowest BCUT2D eigenvalue weighted by atomic mass is 10.1. The van der Waals surface area contributed by atoms with Gasteiger partial charge in [0, 0.05) is 35.2 Å². The maximum Gasteiger partial charge on any atom is 0.255 e. The maximum atomic E-state index is 12.6. The van der Waals surface area contributed by atoms with Gasteiger partial charge in [0.15, 0.2) is 0 Å². The molecule has 4 rings (SSSR count). The van der Waals surface area contributed by atoms with Gasteiger partial charge in [-0.05, 0) is 72.6 Å². The first-order valence-electron chi connectivity index (χ1n) is 9.78. The number of hydrogen-bond donors (Lipinski definition) is 1. The van der Waals surface area contributed by atoms with Crippen LogP contribution in [0.1, 0.15) is 28.8 Å². The lowest BCUT2D eigenvalue weighted by Crippen LogP contribution is -2.24. The number of rotatable bonds is 6. The Hall–Kier alpha value is -3.12. The molecular formula is C24H21BrN2O3. The number of nitrogens with zero attached hydrogens (tertiary/aromatic N) is 1. The van der Waals surface area contributed by atoms with Crippen molar-refractivity contribution in [2.75, 3.05) is 11.9 Å². The van der Waals surface area contributed by atoms with Crippen molar-refractivity contribution < 1.29 is 14.3 Å². The van der Waals surface area contributed by atoms with Gasteiger partial charge in [-0.25, -0.2) is 0 Å². The van der Waals surface area contributed by atoms with Gasteiger partial charge in [-0.15, -0.1) is 0 Å². The minimum atomic E-state index is -0.189. The van der Waals surface area contributed by atoms with Crippen LogP contribution in [0.5, 0.6) is 11.5 Å². The Morgan fingerprint density at radius 2 is 1.70 bits per heavy atom. The van der Waals surface area contributed by atoms with Gasteiger partial charge in [0.25, 0.3) is 5.91 Å². The minimum Gasteiger partial charge on any atom is -0.457 e. The first-order valence-corrected chi connectivity index (χ1v) is 10.6. The summed E-state index contributed by atoms with van der Waals surface area (Å²) < 4.78 is 6.79. The molecule has 1 fully saturated rings. The molecule has 3 aromatic carbocycles. The van der Waals surface area contributed by atoms with Gasteiger partial charge in [0.05, 0.1) is 0 Å². The van der Waals surface area contributed by atoms with E-state index in [1.54, 1.807) is 18.2 Å². The Bertz CT molecular complexity index is 1050. The zero-order valence-corrected chi connectivity index (χ0v) is 17.9. The molecule has 1 N–H and O–H groups in total. The second-order valence-corrected chi connectivity index (χ2v) is 8.07. The largest absolute Gasteiger partial charge is 0.457 e. The van der Waals surface area contributed by atoms with E-state index in [-0.39, 0.29) is 11.8 Å². The third kappa shape index (κ3) is 5.07. The van der Waals surface area contributed by atoms with E-state index in [2.05, 4.69) is 21.2 Å². The quantitative estimate of drug-likeness (QED) is 0.515. The molecule has 0 spiro atoms. The Balaban J connectivity index is 1.38. The molecule has 5 nitrogen and oxygen atoms in total. The van der Waals surface area contributed by atoms with E-state index in [1.165, 1.54) is 0 Å². The van der Waals surface area contributed by atoms with Crippen LogP contribution in [0.25, 0.3) is 0 Å². The zero-order valence-electron chi connectivity index (χ0n) is 16.3. The van der Waals surface area contributed by atoms with Crippen LogP contribution in [-0.2, 0) is 11.3 Å². The van der Waals surface area contributed by atoms with Gasteiger partial charge in [0.1, 0.15) is 11.5 Å². The molecule has 1 saturated heterocycles. The molecule has 152 valence electrons. The number of halogens is 1. The van der Waals surface area contributed by atoms with Gasteiger partial charge >= 0.3 is 0 Å². The summed E-state index contributed by atoms with van der Waals surface area (Å²) in [6.07, 6.45) is 1.52. The van der Waals surface area contributed by atoms with E-state index in [0.29, 0.717) is 30.0 Å². The molecule has 0 aromatic heterocycles. The van der Waals surface area contributed by atoms with Crippen LogP contribution in [0, 0.1) is 0 Å². The second kappa shape index (κ2) is 9.13. The summed E-state index contributed by atoms with van der Waals surface area (Å²) in [4.78, 5) is 26.3. The molecule has 30 heavy (non-hydrogen) atoms. The monoisotopic (exact) mass is 464 g/mol. The van der Waals surface area contributed by atoms with Gasteiger partial charge in [-0.1, -0.05) is 28.1 Å². The van der Waals surface area contributed by atoms with Gasteiger partial charge in [-0.3, -0.25) is 9.59 Å². The Morgan fingerprint density at radius 3 is 2.37 bits per heavy atom. The van der Waals surface area contributed by atoms with Crippen molar-refractivity contribution in [3.63, 3.8) is 0 Å². The highest BCUT2D eigenvalue weighted by Crippen LogP contribution is 2.25. The lowest BCUT2D eigenvalue weighted by molar-refractivity contribution is -0.128. The Morgan fingerprint density at radius 1 is 1.00 bits per heavy atom. The summed E-state index contributed by atoms with van der Waals surface area (Å²) in [7, 11) is 0. The molecule has 0 unspecified atom stereocenters. The molecule has 6 heteroatoms. The molecule has 0 bridgehead atoms. The fourth-order valence-electron chi connectivity index (χ4n) is 3.35. The third-order valence-corrected chi connectivity index (χ3v) is 5.42. The van der Waals surface area contributed by atoms with Gasteiger partial charge in [-0.2, -0.15) is 0 Å². The summed E-state index contributed by atoms with van der Waals surface area (Å²) in [5.74, 6) is 1.41. The van der Waals surface area contributed by atoms with Crippen molar-refractivity contribution in [2.24, 2.45) is 0 Å². The molecule has 1 heterocycles. The molecule has 0 radical (unpaired) electrons. The predicted octanol–water partition coefficient (Wildman–Crippen LogP) is 5.62. The molecule has 0 aliphatic carbocycles. The number of carbonyl (C=O) groups excluding carboxylic acids is 2. The average molecular weight is 465 g/mol. The molecule has 1 aliphatic rings. The van der Waals surface area contributed by atoms with E-state index < -0.39 is 0 Å². The van der Waals surface area contributed by atoms with Crippen molar-refractivity contribution in [1.82, 2.24) is 4.90 Å². The van der Waals surface area contributed by atoms with Gasteiger partial charge in [0.2, 0.25) is 5.91 Å². The highest BCUT2D eigenvalue weighted by molar-refractivity contribution is 9.10. The van der Waals surface area contributed by atoms with E-state index in [0.717, 1.165) is 28.8 Å². The van der Waals surface area contributed by atoms with Crippen molar-refractivity contribution in [1.29, 1.82) is 0 Å². The van der Waals surface area contributed by atoms with Crippen LogP contribution < -0.4 is 10.1 Å². The second-order valence-electron chi connectivity index (χ2n) is 7.15. The molecular weight excluding hydrogens is 444 g/mol. The molecule has 1 aliphatic heterocycles. The normalized spacial score (nSPS) is 13.4. The summed E-state index contributed by atoms with van der Waals surface area (Å²) in [5.41, 5.74) is 2.20. The van der Waals surface area contributed by atoms with Crippen molar-refractivity contribution >= 4 is 33.4 Å². The number of amides is 2. The predicted molar refractivity (Wildman–Crippen MR) is 120 cm³/mol. The maximum absolute atomic E-state index is 12.6. The van der Waals surface area contributed by atoms with Crippen LogP contribution in [0.3, 0.4) is 0 Å². The van der Waals surface area contributed by atoms with Gasteiger partial charge < -0.3 is 15.0 Å². The topological polar surface area (TPSA) is 58.6 Å². The molecule has 0 atom stereocenters. The number of nitrogens with one attached hydrogen (secondary N) is 1. The van der Waals surface area contributed by atoms with Crippen LogP contribution in [0.15, 0.2) is 77.3 Å². The smallest absolute Gasteiger partial charge is 0.255 e. The van der Waals surface area contributed by atoms with Crippen LogP contribution in [0.4, 0.5) is 5.69 Å². The summed E-state index contributed by atoms with van der Waals surface area (Å²) in [6.45, 7) is 1.33. The van der Waals surface area contributed by atoms with E-state index in [1.807, 2.05) is 59.5 Å². The number of anilines is 1. The van der Waals surface area contributed by atoms with Crippen molar-refractivity contribution in [3.8, 4) is 11.5 Å². The molecule has 3 aromatic rings. The average Bonchev–Trinajstić information content (AvgIpc) is 3.16. The third-order valence-electron chi connectivity index (χ3n) is 4.90. The molecule has 2 amide bonds. The minimum absolute atomic E-state index is 0.176. The van der Waals surface area contributed by atoms with Crippen molar-refractivity contribution in [3.05, 3.63) is 88.4 Å². The van der Waals surface area contributed by atoms with Crippen LogP contribution in [0.2, 0.25) is 0 Å².